The summed E-state index contributed by atoms with van der Waals surface area (Å²) in [5.41, 5.74) is 2.58. The topological polar surface area (TPSA) is 23.5 Å². The molecule has 1 aliphatic rings. The largest absolute Gasteiger partial charge is 0.387 e. The molecule has 2 unspecified atom stereocenters. The summed E-state index contributed by atoms with van der Waals surface area (Å²) in [5, 5.41) is 10.4. The highest BCUT2D eigenvalue weighted by molar-refractivity contribution is 5.34. The fourth-order valence-electron chi connectivity index (χ4n) is 3.43. The minimum atomic E-state index is -1.06. The highest BCUT2D eigenvalue weighted by Gasteiger charge is 2.29. The Balaban J connectivity index is 1.81. The first-order valence-corrected chi connectivity index (χ1v) is 7.98. The Bertz CT molecular complexity index is 768. The standard InChI is InChI=1S/C20H19F2NO/c1-2-11-23(19-10-7-14-5-3-4-6-16(14)19)13-20(24)17-9-8-15(21)12-18(17)22/h1,3-6,8-9,12,19-20,24H,7,10-11,13H2. The zero-order chi connectivity index (χ0) is 17.1. The molecule has 0 amide bonds. The van der Waals surface area contributed by atoms with Crippen LogP contribution in [0.3, 0.4) is 0 Å². The van der Waals surface area contributed by atoms with Crippen LogP contribution in [0.15, 0.2) is 42.5 Å². The van der Waals surface area contributed by atoms with E-state index in [9.17, 15) is 13.9 Å². The molecule has 0 spiro atoms. The van der Waals surface area contributed by atoms with Gasteiger partial charge >= 0.3 is 0 Å². The molecule has 0 bridgehead atoms. The van der Waals surface area contributed by atoms with Gasteiger partial charge in [-0.1, -0.05) is 36.3 Å². The fourth-order valence-corrected chi connectivity index (χ4v) is 3.43. The monoisotopic (exact) mass is 327 g/mol. The van der Waals surface area contributed by atoms with Crippen LogP contribution in [0, 0.1) is 24.0 Å². The van der Waals surface area contributed by atoms with Crippen molar-refractivity contribution in [2.24, 2.45) is 0 Å². The number of hydrogen-bond acceptors (Lipinski definition) is 2. The van der Waals surface area contributed by atoms with E-state index < -0.39 is 17.7 Å². The van der Waals surface area contributed by atoms with Gasteiger partial charge in [-0.25, -0.2) is 8.78 Å². The van der Waals surface area contributed by atoms with Crippen LogP contribution in [0.25, 0.3) is 0 Å². The Morgan fingerprint density at radius 1 is 1.25 bits per heavy atom. The molecule has 124 valence electrons. The van der Waals surface area contributed by atoms with E-state index in [2.05, 4.69) is 18.1 Å². The van der Waals surface area contributed by atoms with E-state index in [0.717, 1.165) is 25.0 Å². The molecule has 24 heavy (non-hydrogen) atoms. The van der Waals surface area contributed by atoms with E-state index >= 15 is 0 Å². The Kier molecular flexibility index (Phi) is 4.94. The van der Waals surface area contributed by atoms with Gasteiger partial charge in [-0.05, 0) is 30.0 Å². The molecule has 0 aliphatic heterocycles. The molecule has 0 fully saturated rings. The molecule has 4 heteroatoms. The SMILES string of the molecule is C#CCN(CC(O)c1ccc(F)cc1F)C1CCc2ccccc21. The minimum absolute atomic E-state index is 0.0877. The first kappa shape index (κ1) is 16.6. The van der Waals surface area contributed by atoms with Gasteiger partial charge in [0.2, 0.25) is 0 Å². The molecule has 2 aromatic rings. The third-order valence-corrected chi connectivity index (χ3v) is 4.57. The lowest BCUT2D eigenvalue weighted by molar-refractivity contribution is 0.0930. The summed E-state index contributed by atoms with van der Waals surface area (Å²) in [6, 6.07) is 11.5. The van der Waals surface area contributed by atoms with Gasteiger partial charge in [0.05, 0.1) is 12.6 Å². The van der Waals surface area contributed by atoms with Crippen molar-refractivity contribution in [3.8, 4) is 12.3 Å². The average molecular weight is 327 g/mol. The van der Waals surface area contributed by atoms with Gasteiger partial charge in [-0.3, -0.25) is 4.90 Å². The summed E-state index contributed by atoms with van der Waals surface area (Å²) in [6.07, 6.45) is 6.30. The van der Waals surface area contributed by atoms with Gasteiger partial charge in [-0.2, -0.15) is 0 Å². The molecule has 0 aromatic heterocycles. The predicted molar refractivity (Wildman–Crippen MR) is 89.2 cm³/mol. The van der Waals surface area contributed by atoms with Crippen LogP contribution in [0.5, 0.6) is 0 Å². The number of aliphatic hydroxyl groups is 1. The van der Waals surface area contributed by atoms with Crippen molar-refractivity contribution in [1.29, 1.82) is 0 Å². The Labute approximate surface area is 140 Å². The molecule has 1 aliphatic carbocycles. The molecule has 2 atom stereocenters. The molecule has 0 saturated heterocycles. The average Bonchev–Trinajstić information content (AvgIpc) is 2.98. The summed E-state index contributed by atoms with van der Waals surface area (Å²) in [4.78, 5) is 1.99. The number of fused-ring (bicyclic) bond motifs is 1. The van der Waals surface area contributed by atoms with Gasteiger partial charge < -0.3 is 5.11 Å². The van der Waals surface area contributed by atoms with Gasteiger partial charge in [0.25, 0.3) is 0 Å². The van der Waals surface area contributed by atoms with Gasteiger partial charge in [-0.15, -0.1) is 6.42 Å². The molecule has 1 N–H and O–H groups in total. The Morgan fingerprint density at radius 2 is 2.04 bits per heavy atom. The van der Waals surface area contributed by atoms with E-state index in [-0.39, 0.29) is 18.2 Å². The van der Waals surface area contributed by atoms with Crippen LogP contribution < -0.4 is 0 Å². The molecule has 2 nitrogen and oxygen atoms in total. The van der Waals surface area contributed by atoms with Gasteiger partial charge in [0, 0.05) is 24.2 Å². The quantitative estimate of drug-likeness (QED) is 0.848. The first-order valence-electron chi connectivity index (χ1n) is 7.98. The van der Waals surface area contributed by atoms with Crippen molar-refractivity contribution in [3.63, 3.8) is 0 Å². The zero-order valence-corrected chi connectivity index (χ0v) is 13.3. The third kappa shape index (κ3) is 3.33. The first-order chi connectivity index (χ1) is 11.6. The summed E-state index contributed by atoms with van der Waals surface area (Å²) < 4.78 is 26.9. The number of aryl methyl sites for hydroxylation is 1. The maximum atomic E-state index is 13.9. The second-order valence-electron chi connectivity index (χ2n) is 6.07. The number of rotatable bonds is 5. The van der Waals surface area contributed by atoms with E-state index in [1.54, 1.807) is 0 Å². The lowest BCUT2D eigenvalue weighted by Crippen LogP contribution is -2.32. The van der Waals surface area contributed by atoms with Crippen molar-refractivity contribution in [2.75, 3.05) is 13.1 Å². The number of halogens is 2. The number of benzene rings is 2. The third-order valence-electron chi connectivity index (χ3n) is 4.57. The Hall–Kier alpha value is -2.22. The van der Waals surface area contributed by atoms with Crippen molar-refractivity contribution in [2.45, 2.75) is 25.0 Å². The number of hydrogen-bond donors (Lipinski definition) is 1. The fraction of sp³-hybridized carbons (Fsp3) is 0.300. The van der Waals surface area contributed by atoms with Crippen LogP contribution in [-0.2, 0) is 6.42 Å². The second-order valence-corrected chi connectivity index (χ2v) is 6.07. The molecule has 2 aromatic carbocycles. The maximum absolute atomic E-state index is 13.9. The smallest absolute Gasteiger partial charge is 0.131 e. The molecule has 3 rings (SSSR count). The van der Waals surface area contributed by atoms with Crippen molar-refractivity contribution >= 4 is 0 Å². The zero-order valence-electron chi connectivity index (χ0n) is 13.3. The van der Waals surface area contributed by atoms with E-state index in [1.165, 1.54) is 17.2 Å². The molecular weight excluding hydrogens is 308 g/mol. The summed E-state index contributed by atoms with van der Waals surface area (Å²) in [7, 11) is 0. The van der Waals surface area contributed by atoms with Crippen molar-refractivity contribution in [1.82, 2.24) is 4.90 Å². The lowest BCUT2D eigenvalue weighted by atomic mass is 10.0. The minimum Gasteiger partial charge on any atom is -0.387 e. The number of aliphatic hydroxyl groups excluding tert-OH is 1. The van der Waals surface area contributed by atoms with Crippen LogP contribution in [0.4, 0.5) is 8.78 Å². The van der Waals surface area contributed by atoms with Crippen molar-refractivity contribution < 1.29 is 13.9 Å². The van der Waals surface area contributed by atoms with Gasteiger partial charge in [0.15, 0.2) is 0 Å². The molecular formula is C20H19F2NO. The molecule has 0 saturated carbocycles. The summed E-state index contributed by atoms with van der Waals surface area (Å²) in [6.45, 7) is 0.560. The lowest BCUT2D eigenvalue weighted by Gasteiger charge is -2.30. The van der Waals surface area contributed by atoms with E-state index in [1.807, 2.05) is 17.0 Å². The molecule has 0 heterocycles. The predicted octanol–water partition coefficient (Wildman–Crippen LogP) is 3.62. The summed E-state index contributed by atoms with van der Waals surface area (Å²) >= 11 is 0. The summed E-state index contributed by atoms with van der Waals surface area (Å²) in [5.74, 6) is 1.22. The maximum Gasteiger partial charge on any atom is 0.131 e. The van der Waals surface area contributed by atoms with Gasteiger partial charge in [0.1, 0.15) is 11.6 Å². The van der Waals surface area contributed by atoms with Crippen LogP contribution in [0.1, 0.15) is 35.3 Å². The van der Waals surface area contributed by atoms with Crippen LogP contribution >= 0.6 is 0 Å². The highest BCUT2D eigenvalue weighted by atomic mass is 19.1. The normalized spacial score (nSPS) is 17.5. The van der Waals surface area contributed by atoms with Crippen molar-refractivity contribution in [3.05, 3.63) is 70.8 Å². The van der Waals surface area contributed by atoms with Crippen LogP contribution in [0.2, 0.25) is 0 Å². The number of nitrogens with zero attached hydrogens (tertiary/aromatic N) is 1. The Morgan fingerprint density at radius 3 is 2.79 bits per heavy atom. The molecule has 0 radical (unpaired) electrons. The highest BCUT2D eigenvalue weighted by Crippen LogP contribution is 2.36. The second kappa shape index (κ2) is 7.12. The van der Waals surface area contributed by atoms with E-state index in [4.69, 9.17) is 6.42 Å². The van der Waals surface area contributed by atoms with E-state index in [0.29, 0.717) is 6.54 Å². The van der Waals surface area contributed by atoms with Crippen LogP contribution in [-0.4, -0.2) is 23.1 Å². The number of terminal acetylenes is 1.